The molecule has 2 aromatic rings. The molecule has 4 aliphatic rings. The third-order valence-corrected chi connectivity index (χ3v) is 19.3. The highest BCUT2D eigenvalue weighted by Gasteiger charge is 2.50. The first kappa shape index (κ1) is 72.7. The highest BCUT2D eigenvalue weighted by Crippen LogP contribution is 2.38. The monoisotopic (exact) mass is 1300 g/mol. The molecule has 6 rings (SSSR count). The number of hydrogen-bond donors (Lipinski definition) is 4. The van der Waals surface area contributed by atoms with Gasteiger partial charge in [-0.3, -0.25) is 52.7 Å². The molecule has 27 heteroatoms. The van der Waals surface area contributed by atoms with Crippen molar-refractivity contribution >= 4 is 76.6 Å². The van der Waals surface area contributed by atoms with Gasteiger partial charge in [-0.05, 0) is 119 Å². The number of carbonyl (C=O) groups excluding carboxylic acids is 11. The molecule has 2 aliphatic heterocycles. The number of alkyl halides is 3. The fraction of sp³-hybridized carbons (Fsp3) is 0.641. The lowest BCUT2D eigenvalue weighted by Crippen LogP contribution is -2.64. The number of likely N-dealkylation sites (N-methyl/N-ethyl adjacent to an activating group) is 6. The van der Waals surface area contributed by atoms with E-state index < -0.39 is 160 Å². The van der Waals surface area contributed by atoms with Crippen molar-refractivity contribution in [2.75, 3.05) is 61.9 Å². The molecule has 0 bridgehead atoms. The second-order valence-corrected chi connectivity index (χ2v) is 25.8. The molecule has 502 valence electrons. The van der Waals surface area contributed by atoms with Gasteiger partial charge in [0.25, 0.3) is 0 Å². The standard InChI is InChI=1S/C64H90ClF4N11O11/c1-12-37(2)53-61(90)75(7)35-51(82)74(6)36-52(83)78(10)49(34-42-21-25-44(66)26-22-42)60(89)77(9)40(5)55(84)71-47(28-24-41-23-27-45(46(65)33-41)64(67,68)69)59(88)80-31-17-20-48(80)57(86)73-63(29-15-16-30-63)62(91)79(11)54(43-18-13-14-19-43)58(87)70-38(3)32-50(81)76(8)39(4)56(85)72-53/h21-23,25-27,33,37-40,43,47-49,53-54H,12-20,24,28-32,34-36H2,1-11H3,(H,70,87)(H,71,84)(H,72,85)(H,73,86)/t37-,38+,39-,40+,47-,48?,49-,53-,54-/m0/s1. The SMILES string of the molecule is CC[C@H](C)[C@@H]1NC(=O)[C@H](C)N(C)C(=O)C[C@@H](C)NC(=O)[C@H](C2CCCC2)N(C)C(=O)C2(CCCC2)NC(=O)C2CCCN2C(=O)[C@H](CCc2ccc(C(F)(F)F)c(Cl)c2)NC(=O)[C@@H](C)N(C)C(=O)[C@H](Cc2ccc(F)cc2)N(C)C(=O)CN(C)C(=O)CN(C)C1=O. The smallest absolute Gasteiger partial charge is 0.351 e. The van der Waals surface area contributed by atoms with Crippen LogP contribution in [0, 0.1) is 17.7 Å². The minimum atomic E-state index is -4.77. The van der Waals surface area contributed by atoms with Gasteiger partial charge in [0, 0.05) is 67.7 Å². The maximum absolute atomic E-state index is 15.2. The van der Waals surface area contributed by atoms with Crippen LogP contribution in [0.1, 0.15) is 135 Å². The summed E-state index contributed by atoms with van der Waals surface area (Å²) >= 11 is 6.11. The molecule has 91 heavy (non-hydrogen) atoms. The van der Waals surface area contributed by atoms with Crippen molar-refractivity contribution in [1.29, 1.82) is 0 Å². The molecular formula is C64H90ClF4N11O11. The minimum absolute atomic E-state index is 0.0242. The van der Waals surface area contributed by atoms with Gasteiger partial charge in [0.15, 0.2) is 0 Å². The number of benzene rings is 2. The summed E-state index contributed by atoms with van der Waals surface area (Å²) in [6.45, 7) is 6.85. The number of nitrogens with one attached hydrogen (secondary N) is 4. The number of halogens is 5. The molecular weight excluding hydrogens is 1210 g/mol. The van der Waals surface area contributed by atoms with Crippen LogP contribution < -0.4 is 21.3 Å². The molecule has 9 atom stereocenters. The number of rotatable bonds is 8. The highest BCUT2D eigenvalue weighted by molar-refractivity contribution is 6.31. The van der Waals surface area contributed by atoms with E-state index >= 15 is 9.59 Å². The Balaban J connectivity index is 1.38. The Kier molecular flexibility index (Phi) is 25.0. The molecule has 2 saturated heterocycles. The summed E-state index contributed by atoms with van der Waals surface area (Å²) in [7, 11) is 8.18. The Morgan fingerprint density at radius 3 is 1.84 bits per heavy atom. The summed E-state index contributed by atoms with van der Waals surface area (Å²) in [6, 6.07) is -1.35. The fourth-order valence-corrected chi connectivity index (χ4v) is 12.9. The number of carbonyl (C=O) groups is 11. The lowest BCUT2D eigenvalue weighted by Gasteiger charge is -2.40. The van der Waals surface area contributed by atoms with Crippen LogP contribution in [0.2, 0.25) is 5.02 Å². The molecule has 0 radical (unpaired) electrons. The predicted octanol–water partition coefficient (Wildman–Crippen LogP) is 4.47. The van der Waals surface area contributed by atoms with Crippen LogP contribution >= 0.6 is 11.6 Å². The Morgan fingerprint density at radius 2 is 1.23 bits per heavy atom. The van der Waals surface area contributed by atoms with E-state index in [9.17, 15) is 60.7 Å². The van der Waals surface area contributed by atoms with Crippen LogP contribution in [-0.4, -0.2) is 215 Å². The van der Waals surface area contributed by atoms with E-state index in [1.807, 2.05) is 0 Å². The third-order valence-electron chi connectivity index (χ3n) is 18.9. The number of aryl methyl sites for hydroxylation is 1. The molecule has 1 spiro atoms. The van der Waals surface area contributed by atoms with Gasteiger partial charge in [0.2, 0.25) is 65.0 Å². The van der Waals surface area contributed by atoms with E-state index in [2.05, 4.69) is 21.3 Å². The van der Waals surface area contributed by atoms with E-state index in [0.29, 0.717) is 44.1 Å². The number of fused-ring (bicyclic) bond motifs is 1. The van der Waals surface area contributed by atoms with E-state index in [1.54, 1.807) is 20.8 Å². The second-order valence-electron chi connectivity index (χ2n) is 25.4. The van der Waals surface area contributed by atoms with Crippen molar-refractivity contribution in [2.45, 2.75) is 191 Å². The molecule has 1 unspecified atom stereocenters. The van der Waals surface area contributed by atoms with Gasteiger partial charge in [0.05, 0.1) is 23.7 Å². The molecule has 0 aromatic heterocycles. The Labute approximate surface area is 535 Å². The largest absolute Gasteiger partial charge is 0.417 e. The van der Waals surface area contributed by atoms with E-state index in [4.69, 9.17) is 11.6 Å². The summed E-state index contributed by atoms with van der Waals surface area (Å²) in [5.74, 6) is -8.78. The third kappa shape index (κ3) is 17.8. The normalized spacial score (nSPS) is 26.7. The van der Waals surface area contributed by atoms with Crippen LogP contribution in [0.3, 0.4) is 0 Å². The summed E-state index contributed by atoms with van der Waals surface area (Å²) in [5, 5.41) is 10.9. The topological polar surface area (TPSA) is 259 Å². The molecule has 22 nitrogen and oxygen atoms in total. The van der Waals surface area contributed by atoms with Crippen molar-refractivity contribution in [3.05, 3.63) is 70.0 Å². The van der Waals surface area contributed by atoms with Crippen LogP contribution in [0.15, 0.2) is 42.5 Å². The van der Waals surface area contributed by atoms with Gasteiger partial charge in [-0.25, -0.2) is 4.39 Å². The maximum Gasteiger partial charge on any atom is 0.417 e. The van der Waals surface area contributed by atoms with E-state index in [0.717, 1.165) is 56.7 Å². The molecule has 4 fully saturated rings. The molecule has 4 N–H and O–H groups in total. The van der Waals surface area contributed by atoms with Gasteiger partial charge in [-0.15, -0.1) is 0 Å². The fourth-order valence-electron chi connectivity index (χ4n) is 12.6. The summed E-state index contributed by atoms with van der Waals surface area (Å²) in [6.07, 6.45) is -0.399. The van der Waals surface area contributed by atoms with Crippen LogP contribution in [0.5, 0.6) is 0 Å². The zero-order chi connectivity index (χ0) is 67.6. The number of nitrogens with zero attached hydrogens (tertiary/aromatic N) is 7. The molecule has 11 amide bonds. The Bertz CT molecular complexity index is 3020. The summed E-state index contributed by atoms with van der Waals surface area (Å²) < 4.78 is 55.6. The first-order valence-corrected chi connectivity index (χ1v) is 31.8. The number of amides is 11. The molecule has 2 heterocycles. The summed E-state index contributed by atoms with van der Waals surface area (Å²) in [5.41, 5.74) is -1.91. The maximum atomic E-state index is 15.2. The Morgan fingerprint density at radius 1 is 0.637 bits per heavy atom. The van der Waals surface area contributed by atoms with Gasteiger partial charge < -0.3 is 55.6 Å². The zero-order valence-electron chi connectivity index (χ0n) is 54.1. The minimum Gasteiger partial charge on any atom is -0.351 e. The van der Waals surface area contributed by atoms with E-state index in [-0.39, 0.29) is 63.0 Å². The van der Waals surface area contributed by atoms with Gasteiger partial charge >= 0.3 is 6.18 Å². The van der Waals surface area contributed by atoms with Crippen LogP contribution in [0.25, 0.3) is 0 Å². The average molecular weight is 1300 g/mol. The molecule has 2 saturated carbocycles. The first-order valence-electron chi connectivity index (χ1n) is 31.4. The first-order chi connectivity index (χ1) is 42.7. The number of hydrogen-bond acceptors (Lipinski definition) is 11. The molecule has 2 aromatic carbocycles. The van der Waals surface area contributed by atoms with Crippen molar-refractivity contribution in [2.24, 2.45) is 11.8 Å². The van der Waals surface area contributed by atoms with Gasteiger partial charge in [0.1, 0.15) is 53.6 Å². The zero-order valence-corrected chi connectivity index (χ0v) is 54.8. The van der Waals surface area contributed by atoms with Gasteiger partial charge in [-0.2, -0.15) is 13.2 Å². The summed E-state index contributed by atoms with van der Waals surface area (Å²) in [4.78, 5) is 167. The predicted molar refractivity (Wildman–Crippen MR) is 329 cm³/mol. The lowest BCUT2D eigenvalue weighted by atomic mass is 9.90. The lowest BCUT2D eigenvalue weighted by molar-refractivity contribution is -0.150. The quantitative estimate of drug-likeness (QED) is 0.268. The highest BCUT2D eigenvalue weighted by atomic mass is 35.5. The van der Waals surface area contributed by atoms with Crippen molar-refractivity contribution < 1.29 is 70.3 Å². The van der Waals surface area contributed by atoms with Crippen LogP contribution in [0.4, 0.5) is 17.6 Å². The Hall–Kier alpha value is -7.38. The van der Waals surface area contributed by atoms with E-state index in [1.165, 1.54) is 89.0 Å². The van der Waals surface area contributed by atoms with Crippen LogP contribution in [-0.2, 0) is 71.8 Å². The van der Waals surface area contributed by atoms with Crippen molar-refractivity contribution in [3.8, 4) is 0 Å². The second kappa shape index (κ2) is 31.3. The molecule has 2 aliphatic carbocycles. The van der Waals surface area contributed by atoms with Crippen molar-refractivity contribution in [3.63, 3.8) is 0 Å². The average Bonchev–Trinajstić information content (AvgIpc) is 1.80. The van der Waals surface area contributed by atoms with Crippen molar-refractivity contribution in [1.82, 2.24) is 55.6 Å². The van der Waals surface area contributed by atoms with Gasteiger partial charge in [-0.1, -0.05) is 75.8 Å².